The maximum Gasteiger partial charge on any atom is 0.340 e. The molecule has 0 saturated carbocycles. The molecule has 0 saturated heterocycles. The van der Waals surface area contributed by atoms with Crippen molar-refractivity contribution in [3.8, 4) is 22.6 Å². The summed E-state index contributed by atoms with van der Waals surface area (Å²) in [7, 11) is 3.00. The topological polar surface area (TPSA) is 107 Å². The maximum atomic E-state index is 13.0. The van der Waals surface area contributed by atoms with Crippen molar-refractivity contribution in [1.82, 2.24) is 10.3 Å². The summed E-state index contributed by atoms with van der Waals surface area (Å²) >= 11 is 0. The molecule has 8 heteroatoms. The van der Waals surface area contributed by atoms with Crippen LogP contribution in [0.2, 0.25) is 0 Å². The lowest BCUT2D eigenvalue weighted by Gasteiger charge is -2.13. The average molecular weight is 416 g/mol. The molecule has 0 aliphatic rings. The molecule has 162 valence electrons. The Bertz CT molecular complexity index is 947. The second-order valence-corrected chi connectivity index (χ2v) is 6.78. The van der Waals surface area contributed by atoms with Crippen LogP contribution in [0.4, 0.5) is 0 Å². The Balaban J connectivity index is 2.67. The number of rotatable bonds is 9. The highest BCUT2D eigenvalue weighted by atomic mass is 16.5. The van der Waals surface area contributed by atoms with E-state index in [1.54, 1.807) is 32.0 Å². The van der Waals surface area contributed by atoms with Gasteiger partial charge in [-0.15, -0.1) is 0 Å². The molecular weight excluding hydrogens is 388 g/mol. The second-order valence-electron chi connectivity index (χ2n) is 6.78. The summed E-state index contributed by atoms with van der Waals surface area (Å²) in [6, 6.07) is 4.84. The van der Waals surface area contributed by atoms with Crippen molar-refractivity contribution < 1.29 is 28.6 Å². The van der Waals surface area contributed by atoms with Gasteiger partial charge in [-0.3, -0.25) is 9.59 Å². The van der Waals surface area contributed by atoms with Crippen molar-refractivity contribution in [3.63, 3.8) is 0 Å². The fourth-order valence-corrected chi connectivity index (χ4v) is 3.04. The van der Waals surface area contributed by atoms with Gasteiger partial charge in [-0.2, -0.15) is 0 Å². The predicted octanol–water partition coefficient (Wildman–Crippen LogP) is 3.28. The van der Waals surface area contributed by atoms with E-state index in [0.29, 0.717) is 29.2 Å². The van der Waals surface area contributed by atoms with Crippen LogP contribution in [-0.4, -0.2) is 49.5 Å². The van der Waals surface area contributed by atoms with Crippen molar-refractivity contribution in [2.45, 2.75) is 40.2 Å². The number of methoxy groups -OCH3 is 2. The predicted molar refractivity (Wildman–Crippen MR) is 112 cm³/mol. The molecule has 8 nitrogen and oxygen atoms in total. The first-order valence-corrected chi connectivity index (χ1v) is 9.76. The minimum absolute atomic E-state index is 0.0172. The van der Waals surface area contributed by atoms with Crippen molar-refractivity contribution in [1.29, 1.82) is 0 Å². The highest BCUT2D eigenvalue weighted by Gasteiger charge is 2.30. The van der Waals surface area contributed by atoms with E-state index in [4.69, 9.17) is 14.2 Å². The normalized spacial score (nSPS) is 11.5. The summed E-state index contributed by atoms with van der Waals surface area (Å²) in [5.74, 6) is -1.18. The molecule has 0 fully saturated rings. The number of nitrogens with one attached hydrogen (secondary N) is 2. The molecule has 0 bridgehead atoms. The highest BCUT2D eigenvalue weighted by molar-refractivity contribution is 6.44. The zero-order valence-corrected chi connectivity index (χ0v) is 18.2. The van der Waals surface area contributed by atoms with E-state index in [-0.39, 0.29) is 29.5 Å². The van der Waals surface area contributed by atoms with Gasteiger partial charge in [0.15, 0.2) is 11.5 Å². The lowest BCUT2D eigenvalue weighted by atomic mass is 9.97. The van der Waals surface area contributed by atoms with E-state index >= 15 is 0 Å². The number of ketones is 1. The molecule has 1 atom stereocenters. The number of H-pyrrole nitrogens is 1. The number of hydrogen-bond donors (Lipinski definition) is 2. The van der Waals surface area contributed by atoms with Crippen LogP contribution in [0.3, 0.4) is 0 Å². The minimum atomic E-state index is -0.765. The second kappa shape index (κ2) is 9.96. The number of benzene rings is 1. The Morgan fingerprint density at radius 1 is 1.10 bits per heavy atom. The number of aromatic nitrogens is 1. The zero-order valence-electron chi connectivity index (χ0n) is 18.2. The van der Waals surface area contributed by atoms with Crippen molar-refractivity contribution in [2.24, 2.45) is 0 Å². The first-order valence-electron chi connectivity index (χ1n) is 9.76. The average Bonchev–Trinajstić information content (AvgIpc) is 3.09. The Morgan fingerprint density at radius 2 is 1.77 bits per heavy atom. The Hall–Kier alpha value is -3.29. The smallest absolute Gasteiger partial charge is 0.340 e. The van der Waals surface area contributed by atoms with Crippen LogP contribution in [0.5, 0.6) is 11.5 Å². The molecule has 2 N–H and O–H groups in total. The van der Waals surface area contributed by atoms with Crippen LogP contribution in [0.25, 0.3) is 11.1 Å². The summed E-state index contributed by atoms with van der Waals surface area (Å²) < 4.78 is 15.8. The summed E-state index contributed by atoms with van der Waals surface area (Å²) in [4.78, 5) is 41.0. The van der Waals surface area contributed by atoms with Crippen LogP contribution < -0.4 is 14.8 Å². The first kappa shape index (κ1) is 23.0. The van der Waals surface area contributed by atoms with Gasteiger partial charge in [0.1, 0.15) is 5.69 Å². The summed E-state index contributed by atoms with van der Waals surface area (Å²) in [6.45, 7) is 7.24. The fraction of sp³-hybridized carbons (Fsp3) is 0.409. The molecule has 1 amide bonds. The van der Waals surface area contributed by atoms with Crippen molar-refractivity contribution >= 4 is 17.7 Å². The number of carbonyl (C=O) groups is 3. The molecule has 2 aromatic rings. The molecule has 0 unspecified atom stereocenters. The molecule has 30 heavy (non-hydrogen) atoms. The van der Waals surface area contributed by atoms with Crippen LogP contribution in [-0.2, 0) is 9.53 Å². The van der Waals surface area contributed by atoms with Crippen LogP contribution >= 0.6 is 0 Å². The lowest BCUT2D eigenvalue weighted by Crippen LogP contribution is -2.37. The van der Waals surface area contributed by atoms with Gasteiger partial charge in [0.05, 0.1) is 26.4 Å². The van der Waals surface area contributed by atoms with E-state index < -0.39 is 17.7 Å². The van der Waals surface area contributed by atoms with E-state index in [9.17, 15) is 14.4 Å². The standard InChI is InChI=1S/C22H28N2O6/c1-7-12(3)23-21(26)20(25)19-18(17(13(4)24-19)22(27)30-8-2)14-9-10-15(28-5)16(11-14)29-6/h9-12,24H,7-8H2,1-6H3,(H,23,26)/t12-/m1/s1. The molecule has 0 spiro atoms. The monoisotopic (exact) mass is 416 g/mol. The van der Waals surface area contributed by atoms with Gasteiger partial charge in [0.2, 0.25) is 0 Å². The number of hydrogen-bond acceptors (Lipinski definition) is 6. The highest BCUT2D eigenvalue weighted by Crippen LogP contribution is 2.37. The third-order valence-corrected chi connectivity index (χ3v) is 4.76. The molecule has 0 aliphatic carbocycles. The number of amides is 1. The fourth-order valence-electron chi connectivity index (χ4n) is 3.04. The van der Waals surface area contributed by atoms with Gasteiger partial charge in [0.25, 0.3) is 11.7 Å². The third kappa shape index (κ3) is 4.64. The number of aromatic amines is 1. The van der Waals surface area contributed by atoms with Gasteiger partial charge in [-0.25, -0.2) is 4.79 Å². The Morgan fingerprint density at radius 3 is 2.33 bits per heavy atom. The Kier molecular flexibility index (Phi) is 7.63. The van der Waals surface area contributed by atoms with Gasteiger partial charge in [-0.05, 0) is 44.9 Å². The summed E-state index contributed by atoms with van der Waals surface area (Å²) in [6.07, 6.45) is 0.680. The first-order chi connectivity index (χ1) is 14.3. The largest absolute Gasteiger partial charge is 0.493 e. The molecular formula is C22H28N2O6. The number of aryl methyl sites for hydroxylation is 1. The van der Waals surface area contributed by atoms with Crippen molar-refractivity contribution in [3.05, 3.63) is 35.2 Å². The van der Waals surface area contributed by atoms with Crippen molar-refractivity contribution in [2.75, 3.05) is 20.8 Å². The van der Waals surface area contributed by atoms with E-state index in [2.05, 4.69) is 10.3 Å². The van der Waals surface area contributed by atoms with Gasteiger partial charge >= 0.3 is 5.97 Å². The molecule has 0 aliphatic heterocycles. The number of ether oxygens (including phenoxy) is 3. The van der Waals surface area contributed by atoms with E-state index in [1.165, 1.54) is 14.2 Å². The SMILES string of the molecule is CCOC(=O)c1c(C)[nH]c(C(=O)C(=O)N[C@H](C)CC)c1-c1ccc(OC)c(OC)c1. The number of carbonyl (C=O) groups excluding carboxylic acids is 3. The lowest BCUT2D eigenvalue weighted by molar-refractivity contribution is -0.117. The molecule has 2 rings (SSSR count). The van der Waals surface area contributed by atoms with Gasteiger partial charge in [-0.1, -0.05) is 13.0 Å². The maximum absolute atomic E-state index is 13.0. The van der Waals surface area contributed by atoms with Crippen LogP contribution in [0.15, 0.2) is 18.2 Å². The molecule has 1 heterocycles. The minimum Gasteiger partial charge on any atom is -0.493 e. The quantitative estimate of drug-likeness (QED) is 0.369. The van der Waals surface area contributed by atoms with Crippen LogP contribution in [0.1, 0.15) is 53.7 Å². The third-order valence-electron chi connectivity index (χ3n) is 4.76. The number of Topliss-reactive ketones (excluding diaryl/α,β-unsaturated/α-hetero) is 1. The summed E-state index contributed by atoms with van der Waals surface area (Å²) in [5, 5.41) is 2.66. The van der Waals surface area contributed by atoms with Crippen LogP contribution in [0, 0.1) is 6.92 Å². The molecule has 1 aromatic heterocycles. The van der Waals surface area contributed by atoms with Gasteiger partial charge < -0.3 is 24.5 Å². The van der Waals surface area contributed by atoms with E-state index in [0.717, 1.165) is 0 Å². The summed E-state index contributed by atoms with van der Waals surface area (Å²) in [5.41, 5.74) is 1.45. The van der Waals surface area contributed by atoms with E-state index in [1.807, 2.05) is 13.8 Å². The molecule has 0 radical (unpaired) electrons. The Labute approximate surface area is 175 Å². The van der Waals surface area contributed by atoms with Gasteiger partial charge in [0, 0.05) is 17.3 Å². The number of esters is 1. The molecule has 1 aromatic carbocycles. The zero-order chi connectivity index (χ0) is 22.4.